The Labute approximate surface area is 95.9 Å². The molecule has 4 N–H and O–H groups in total. The quantitative estimate of drug-likeness (QED) is 0.729. The monoisotopic (exact) mass is 221 g/mol. The van der Waals surface area contributed by atoms with Crippen molar-refractivity contribution in [1.82, 2.24) is 0 Å². The molecule has 0 aliphatic heterocycles. The van der Waals surface area contributed by atoms with Gasteiger partial charge in [0, 0.05) is 0 Å². The number of hydrogen-bond acceptors (Lipinski definition) is 3. The number of aryl methyl sites for hydroxylation is 2. The molecular formula is C13H19NO2. The molecule has 2 atom stereocenters. The summed E-state index contributed by atoms with van der Waals surface area (Å²) in [5.74, 6) is 0.682. The van der Waals surface area contributed by atoms with Crippen LogP contribution in [0.15, 0.2) is 12.1 Å². The molecule has 1 aromatic carbocycles. The predicted molar refractivity (Wildman–Crippen MR) is 63.2 cm³/mol. The van der Waals surface area contributed by atoms with Crippen LogP contribution in [0.1, 0.15) is 35.6 Å². The number of aliphatic hydroxyl groups excluding tert-OH is 1. The number of rotatable bonds is 3. The Morgan fingerprint density at radius 2 is 1.75 bits per heavy atom. The maximum atomic E-state index is 9.97. The number of aromatic hydroxyl groups is 1. The van der Waals surface area contributed by atoms with Gasteiger partial charge in [-0.25, -0.2) is 0 Å². The lowest BCUT2D eigenvalue weighted by Gasteiger charge is -2.20. The van der Waals surface area contributed by atoms with Crippen molar-refractivity contribution in [3.8, 4) is 5.75 Å². The van der Waals surface area contributed by atoms with Crippen LogP contribution in [-0.4, -0.2) is 16.3 Å². The van der Waals surface area contributed by atoms with E-state index in [1.54, 1.807) is 0 Å². The van der Waals surface area contributed by atoms with Gasteiger partial charge in [-0.2, -0.15) is 0 Å². The van der Waals surface area contributed by atoms with Crippen molar-refractivity contribution >= 4 is 0 Å². The lowest BCUT2D eigenvalue weighted by atomic mass is 9.95. The fourth-order valence-corrected chi connectivity index (χ4v) is 2.11. The van der Waals surface area contributed by atoms with Gasteiger partial charge in [0.1, 0.15) is 5.75 Å². The molecule has 0 bridgehead atoms. The van der Waals surface area contributed by atoms with Crippen LogP contribution in [0.4, 0.5) is 0 Å². The molecule has 0 heterocycles. The van der Waals surface area contributed by atoms with Gasteiger partial charge in [-0.1, -0.05) is 12.1 Å². The Hall–Kier alpha value is -1.06. The molecule has 0 spiro atoms. The van der Waals surface area contributed by atoms with Gasteiger partial charge in [0.25, 0.3) is 0 Å². The van der Waals surface area contributed by atoms with E-state index < -0.39 is 6.10 Å². The first-order valence-corrected chi connectivity index (χ1v) is 5.74. The fraction of sp³-hybridized carbons (Fsp3) is 0.538. The average molecular weight is 221 g/mol. The van der Waals surface area contributed by atoms with E-state index in [2.05, 4.69) is 0 Å². The van der Waals surface area contributed by atoms with E-state index >= 15 is 0 Å². The first kappa shape index (κ1) is 11.4. The molecule has 0 aromatic heterocycles. The minimum absolute atomic E-state index is 0.317. The van der Waals surface area contributed by atoms with Gasteiger partial charge < -0.3 is 15.9 Å². The summed E-state index contributed by atoms with van der Waals surface area (Å²) in [6.07, 6.45) is 1.69. The molecule has 1 aliphatic carbocycles. The average Bonchev–Trinajstić information content (AvgIpc) is 3.06. The van der Waals surface area contributed by atoms with Gasteiger partial charge in [-0.15, -0.1) is 0 Å². The minimum Gasteiger partial charge on any atom is -0.507 e. The molecule has 88 valence electrons. The highest BCUT2D eigenvalue weighted by molar-refractivity contribution is 5.43. The van der Waals surface area contributed by atoms with Crippen molar-refractivity contribution in [2.75, 3.05) is 0 Å². The van der Waals surface area contributed by atoms with E-state index in [4.69, 9.17) is 5.73 Å². The van der Waals surface area contributed by atoms with Crippen molar-refractivity contribution < 1.29 is 10.2 Å². The molecule has 1 aromatic rings. The Bertz CT molecular complexity index is 376. The first-order chi connectivity index (χ1) is 7.50. The third-order valence-electron chi connectivity index (χ3n) is 3.37. The van der Waals surface area contributed by atoms with Crippen LogP contribution in [0.25, 0.3) is 0 Å². The largest absolute Gasteiger partial charge is 0.507 e. The van der Waals surface area contributed by atoms with Crippen LogP contribution in [0, 0.1) is 19.8 Å². The summed E-state index contributed by atoms with van der Waals surface area (Å²) in [6, 6.07) is 3.38. The number of nitrogens with two attached hydrogens (primary N) is 1. The van der Waals surface area contributed by atoms with Crippen LogP contribution in [0.2, 0.25) is 0 Å². The zero-order chi connectivity index (χ0) is 11.9. The molecule has 1 fully saturated rings. The highest BCUT2D eigenvalue weighted by atomic mass is 16.3. The van der Waals surface area contributed by atoms with Crippen molar-refractivity contribution in [2.24, 2.45) is 11.7 Å². The van der Waals surface area contributed by atoms with Crippen LogP contribution in [-0.2, 0) is 0 Å². The van der Waals surface area contributed by atoms with Gasteiger partial charge in [-0.3, -0.25) is 0 Å². The van der Waals surface area contributed by atoms with Crippen LogP contribution >= 0.6 is 0 Å². The molecule has 0 amide bonds. The van der Waals surface area contributed by atoms with Crippen molar-refractivity contribution in [2.45, 2.75) is 38.8 Å². The zero-order valence-electron chi connectivity index (χ0n) is 9.77. The predicted octanol–water partition coefficient (Wildman–Crippen LogP) is 1.78. The van der Waals surface area contributed by atoms with Crippen LogP contribution in [0.3, 0.4) is 0 Å². The first-order valence-electron chi connectivity index (χ1n) is 5.74. The molecule has 0 radical (unpaired) electrons. The lowest BCUT2D eigenvalue weighted by Crippen LogP contribution is -2.28. The van der Waals surface area contributed by atoms with E-state index in [1.807, 2.05) is 26.0 Å². The number of hydrogen-bond donors (Lipinski definition) is 3. The van der Waals surface area contributed by atoms with E-state index in [9.17, 15) is 10.2 Å². The van der Waals surface area contributed by atoms with Crippen LogP contribution in [0.5, 0.6) is 5.75 Å². The van der Waals surface area contributed by atoms with E-state index in [1.165, 1.54) is 0 Å². The Morgan fingerprint density at radius 3 is 2.19 bits per heavy atom. The zero-order valence-corrected chi connectivity index (χ0v) is 9.77. The third-order valence-corrected chi connectivity index (χ3v) is 3.37. The van der Waals surface area contributed by atoms with E-state index in [-0.39, 0.29) is 6.04 Å². The second-order valence-corrected chi connectivity index (χ2v) is 4.86. The summed E-state index contributed by atoms with van der Waals surface area (Å²) >= 11 is 0. The molecule has 2 rings (SSSR count). The summed E-state index contributed by atoms with van der Waals surface area (Å²) < 4.78 is 0. The molecule has 3 heteroatoms. The molecule has 0 unspecified atom stereocenters. The van der Waals surface area contributed by atoms with Gasteiger partial charge in [0.05, 0.1) is 12.1 Å². The smallest absolute Gasteiger partial charge is 0.121 e. The van der Waals surface area contributed by atoms with Gasteiger partial charge >= 0.3 is 0 Å². The van der Waals surface area contributed by atoms with E-state index in [0.717, 1.165) is 29.5 Å². The van der Waals surface area contributed by atoms with E-state index in [0.29, 0.717) is 11.7 Å². The summed E-state index contributed by atoms with van der Waals surface area (Å²) in [7, 11) is 0. The van der Waals surface area contributed by atoms with Crippen molar-refractivity contribution in [3.05, 3.63) is 28.8 Å². The number of phenolic OH excluding ortho intramolecular Hbond substituents is 1. The third kappa shape index (κ3) is 2.06. The summed E-state index contributed by atoms with van der Waals surface area (Å²) in [5.41, 5.74) is 8.57. The Kier molecular flexibility index (Phi) is 2.91. The molecule has 16 heavy (non-hydrogen) atoms. The van der Waals surface area contributed by atoms with Crippen LogP contribution < -0.4 is 5.73 Å². The summed E-state index contributed by atoms with van der Waals surface area (Å²) in [4.78, 5) is 0. The Balaban J connectivity index is 2.25. The topological polar surface area (TPSA) is 66.5 Å². The molecule has 1 saturated carbocycles. The SMILES string of the molecule is Cc1cc([C@@H](N)[C@@H](O)C2CC2)cc(C)c1O. The fourth-order valence-electron chi connectivity index (χ4n) is 2.11. The van der Waals surface area contributed by atoms with Crippen molar-refractivity contribution in [1.29, 1.82) is 0 Å². The number of benzene rings is 1. The number of aliphatic hydroxyl groups is 1. The highest BCUT2D eigenvalue weighted by Crippen LogP contribution is 2.38. The van der Waals surface area contributed by atoms with Gasteiger partial charge in [0.2, 0.25) is 0 Å². The maximum Gasteiger partial charge on any atom is 0.121 e. The minimum atomic E-state index is -0.455. The normalized spacial score (nSPS) is 19.5. The summed E-state index contributed by atoms with van der Waals surface area (Å²) in [5, 5.41) is 19.6. The number of phenols is 1. The Morgan fingerprint density at radius 1 is 1.25 bits per heavy atom. The molecular weight excluding hydrogens is 202 g/mol. The summed E-state index contributed by atoms with van der Waals surface area (Å²) in [6.45, 7) is 3.70. The van der Waals surface area contributed by atoms with Gasteiger partial charge in [-0.05, 0) is 49.3 Å². The molecule has 1 aliphatic rings. The lowest BCUT2D eigenvalue weighted by molar-refractivity contribution is 0.122. The second kappa shape index (κ2) is 4.07. The standard InChI is InChI=1S/C13H19NO2/c1-7-5-10(6-8(2)12(7)15)11(14)13(16)9-3-4-9/h5-6,9,11,13,15-16H,3-4,14H2,1-2H3/t11-,13+/m1/s1. The van der Waals surface area contributed by atoms with Gasteiger partial charge in [0.15, 0.2) is 0 Å². The van der Waals surface area contributed by atoms with Crippen molar-refractivity contribution in [3.63, 3.8) is 0 Å². The molecule has 3 nitrogen and oxygen atoms in total. The maximum absolute atomic E-state index is 9.97. The second-order valence-electron chi connectivity index (χ2n) is 4.86. The highest BCUT2D eigenvalue weighted by Gasteiger charge is 2.34. The molecule has 0 saturated heterocycles.